The number of sulfone groups is 1. The van der Waals surface area contributed by atoms with E-state index in [9.17, 15) is 8.42 Å². The molecule has 1 saturated heterocycles. The van der Waals surface area contributed by atoms with E-state index >= 15 is 0 Å². The molecular weight excluding hydrogens is 416 g/mol. The van der Waals surface area contributed by atoms with Gasteiger partial charge >= 0.3 is 0 Å². The fraction of sp³-hybridized carbons (Fsp3) is 0.148. The van der Waals surface area contributed by atoms with Crippen LogP contribution in [0.15, 0.2) is 103 Å². The molecule has 0 radical (unpaired) electrons. The molecule has 3 aromatic carbocycles. The highest BCUT2D eigenvalue weighted by Crippen LogP contribution is 2.39. The van der Waals surface area contributed by atoms with Gasteiger partial charge in [0.15, 0.2) is 9.84 Å². The first kappa shape index (κ1) is 20.6. The zero-order chi connectivity index (χ0) is 22.1. The van der Waals surface area contributed by atoms with E-state index in [1.54, 1.807) is 6.20 Å². The molecule has 160 valence electrons. The second-order valence-corrected chi connectivity index (χ2v) is 10.2. The molecule has 1 aliphatic rings. The number of para-hydroxylation sites is 1. The lowest BCUT2D eigenvalue weighted by Crippen LogP contribution is -2.44. The summed E-state index contributed by atoms with van der Waals surface area (Å²) in [5.74, 6) is 0. The number of likely N-dealkylation sites (tertiary alicyclic amines) is 1. The lowest BCUT2D eigenvalue weighted by molar-refractivity contribution is 0.203. The Morgan fingerprint density at radius 1 is 0.812 bits per heavy atom. The van der Waals surface area contributed by atoms with Gasteiger partial charge in [0.25, 0.3) is 0 Å². The summed E-state index contributed by atoms with van der Waals surface area (Å²) in [5, 5.41) is 0.939. The molecule has 1 fully saturated rings. The summed E-state index contributed by atoms with van der Waals surface area (Å²) < 4.78 is 25.8. The first-order valence-electron chi connectivity index (χ1n) is 10.6. The number of nitrogens with zero attached hydrogens (tertiary/aromatic N) is 2. The van der Waals surface area contributed by atoms with Gasteiger partial charge < -0.3 is 0 Å². The van der Waals surface area contributed by atoms with Gasteiger partial charge in [0.1, 0.15) is 0 Å². The standard InChI is InChI=1S/C27H24N2O2S/c1-32(30,31)27(24-16-8-14-20-15-9-17-28-25(20)24)23-18-29(19-23)26(21-10-4-2-5-11-21)22-12-6-3-7-13-22/h2-17,26H,18-19H2,1H3. The quantitative estimate of drug-likeness (QED) is 0.433. The van der Waals surface area contributed by atoms with Crippen LogP contribution in [0.1, 0.15) is 22.7 Å². The Kier molecular flexibility index (Phi) is 5.37. The van der Waals surface area contributed by atoms with Crippen LogP contribution < -0.4 is 0 Å². The molecule has 2 heterocycles. The van der Waals surface area contributed by atoms with Gasteiger partial charge in [-0.05, 0) is 22.8 Å². The Morgan fingerprint density at radius 2 is 1.41 bits per heavy atom. The van der Waals surface area contributed by atoms with Gasteiger partial charge in [-0.15, -0.1) is 0 Å². The molecule has 0 spiro atoms. The smallest absolute Gasteiger partial charge is 0.176 e. The van der Waals surface area contributed by atoms with Gasteiger partial charge in [-0.3, -0.25) is 9.88 Å². The highest BCUT2D eigenvalue weighted by Gasteiger charge is 2.35. The van der Waals surface area contributed by atoms with Crippen LogP contribution in [0.4, 0.5) is 0 Å². The number of hydrogen-bond acceptors (Lipinski definition) is 4. The lowest BCUT2D eigenvalue weighted by atomic mass is 9.92. The molecule has 5 rings (SSSR count). The van der Waals surface area contributed by atoms with Crippen LogP contribution in [0.5, 0.6) is 0 Å². The highest BCUT2D eigenvalue weighted by molar-refractivity contribution is 8.00. The van der Waals surface area contributed by atoms with Crippen LogP contribution in [0, 0.1) is 0 Å². The summed E-state index contributed by atoms with van der Waals surface area (Å²) in [7, 11) is -3.43. The first-order valence-corrected chi connectivity index (χ1v) is 12.5. The van der Waals surface area contributed by atoms with Crippen molar-refractivity contribution >= 4 is 25.6 Å². The molecule has 0 saturated carbocycles. The van der Waals surface area contributed by atoms with Crippen LogP contribution in [-0.2, 0) is 9.84 Å². The predicted molar refractivity (Wildman–Crippen MR) is 130 cm³/mol. The Hall–Kier alpha value is -3.28. The number of benzene rings is 3. The van der Waals surface area contributed by atoms with Crippen molar-refractivity contribution in [2.75, 3.05) is 19.3 Å². The fourth-order valence-corrected chi connectivity index (χ4v) is 5.81. The van der Waals surface area contributed by atoms with Gasteiger partial charge in [-0.2, -0.15) is 0 Å². The molecule has 0 N–H and O–H groups in total. The second-order valence-electron chi connectivity index (χ2n) is 8.21. The van der Waals surface area contributed by atoms with Crippen LogP contribution in [0.3, 0.4) is 0 Å². The van der Waals surface area contributed by atoms with Gasteiger partial charge in [-0.25, -0.2) is 8.42 Å². The van der Waals surface area contributed by atoms with Crippen molar-refractivity contribution in [3.05, 3.63) is 119 Å². The Bertz CT molecular complexity index is 1340. The second kappa shape index (κ2) is 8.34. The molecule has 0 atom stereocenters. The molecule has 0 amide bonds. The van der Waals surface area contributed by atoms with Crippen molar-refractivity contribution in [2.24, 2.45) is 0 Å². The van der Waals surface area contributed by atoms with Crippen LogP contribution in [0.25, 0.3) is 15.8 Å². The third-order valence-electron chi connectivity index (χ3n) is 5.95. The summed E-state index contributed by atoms with van der Waals surface area (Å²) in [6.45, 7) is 1.19. The summed E-state index contributed by atoms with van der Waals surface area (Å²) >= 11 is 0. The zero-order valence-corrected chi connectivity index (χ0v) is 18.7. The SMILES string of the molecule is CS(=O)(=O)C(=C1CN(C(c2ccccc2)c2ccccc2)C1)c1cccc2cccnc12. The number of pyridine rings is 1. The van der Waals surface area contributed by atoms with E-state index in [2.05, 4.69) is 34.1 Å². The fourth-order valence-electron chi connectivity index (χ4n) is 4.59. The van der Waals surface area contributed by atoms with E-state index in [4.69, 9.17) is 0 Å². The Labute approximate surface area is 188 Å². The summed E-state index contributed by atoms with van der Waals surface area (Å²) in [6, 6.07) is 30.4. The summed E-state index contributed by atoms with van der Waals surface area (Å²) in [4.78, 5) is 7.23. The topological polar surface area (TPSA) is 50.3 Å². The van der Waals surface area contributed by atoms with Crippen molar-refractivity contribution in [1.82, 2.24) is 9.88 Å². The van der Waals surface area contributed by atoms with E-state index in [0.29, 0.717) is 23.6 Å². The molecule has 0 bridgehead atoms. The predicted octanol–water partition coefficient (Wildman–Crippen LogP) is 5.10. The van der Waals surface area contributed by atoms with Gasteiger partial charge in [-0.1, -0.05) is 84.9 Å². The third kappa shape index (κ3) is 3.85. The van der Waals surface area contributed by atoms with Crippen LogP contribution in [-0.4, -0.2) is 37.6 Å². The van der Waals surface area contributed by atoms with Crippen molar-refractivity contribution in [3.63, 3.8) is 0 Å². The maximum absolute atomic E-state index is 12.9. The van der Waals surface area contributed by atoms with Crippen molar-refractivity contribution in [3.8, 4) is 0 Å². The number of fused-ring (bicyclic) bond motifs is 1. The third-order valence-corrected chi connectivity index (χ3v) is 7.20. The number of hydrogen-bond donors (Lipinski definition) is 0. The van der Waals surface area contributed by atoms with Crippen molar-refractivity contribution in [2.45, 2.75) is 6.04 Å². The minimum Gasteiger partial charge on any atom is -0.284 e. The van der Waals surface area contributed by atoms with E-state index in [-0.39, 0.29) is 6.04 Å². The van der Waals surface area contributed by atoms with E-state index < -0.39 is 9.84 Å². The molecule has 0 unspecified atom stereocenters. The number of rotatable bonds is 5. The normalized spacial score (nSPS) is 14.5. The molecule has 1 aromatic heterocycles. The molecular formula is C27H24N2O2S. The largest absolute Gasteiger partial charge is 0.284 e. The zero-order valence-electron chi connectivity index (χ0n) is 17.8. The maximum atomic E-state index is 12.9. The minimum absolute atomic E-state index is 0.0765. The average Bonchev–Trinajstić information content (AvgIpc) is 2.78. The minimum atomic E-state index is -3.43. The van der Waals surface area contributed by atoms with Gasteiger partial charge in [0.2, 0.25) is 0 Å². The Morgan fingerprint density at radius 3 is 2.00 bits per heavy atom. The van der Waals surface area contributed by atoms with E-state index in [0.717, 1.165) is 16.5 Å². The molecule has 1 aliphatic heterocycles. The highest BCUT2D eigenvalue weighted by atomic mass is 32.2. The average molecular weight is 441 g/mol. The molecule has 4 nitrogen and oxygen atoms in total. The number of aromatic nitrogens is 1. The summed E-state index contributed by atoms with van der Waals surface area (Å²) in [6.07, 6.45) is 3.01. The van der Waals surface area contributed by atoms with Crippen molar-refractivity contribution < 1.29 is 8.42 Å². The monoisotopic (exact) mass is 440 g/mol. The molecule has 5 heteroatoms. The Balaban J connectivity index is 1.57. The maximum Gasteiger partial charge on any atom is 0.176 e. The molecule has 0 aliphatic carbocycles. The first-order chi connectivity index (χ1) is 15.5. The molecule has 4 aromatic rings. The lowest BCUT2D eigenvalue weighted by Gasteiger charge is -2.42. The molecule has 32 heavy (non-hydrogen) atoms. The van der Waals surface area contributed by atoms with Crippen LogP contribution >= 0.6 is 0 Å². The summed E-state index contributed by atoms with van der Waals surface area (Å²) in [5.41, 5.74) is 4.75. The van der Waals surface area contributed by atoms with Crippen LogP contribution in [0.2, 0.25) is 0 Å². The van der Waals surface area contributed by atoms with E-state index in [1.807, 2.05) is 66.7 Å². The van der Waals surface area contributed by atoms with Gasteiger partial charge in [0, 0.05) is 36.5 Å². The van der Waals surface area contributed by atoms with Crippen molar-refractivity contribution in [1.29, 1.82) is 0 Å². The van der Waals surface area contributed by atoms with E-state index in [1.165, 1.54) is 17.4 Å². The van der Waals surface area contributed by atoms with Gasteiger partial charge in [0.05, 0.1) is 16.5 Å².